The topological polar surface area (TPSA) is 88.3 Å². The van der Waals surface area contributed by atoms with Gasteiger partial charge in [0.15, 0.2) is 0 Å². The van der Waals surface area contributed by atoms with Crippen molar-refractivity contribution in [1.29, 1.82) is 0 Å². The number of carbonyl (C=O) groups excluding carboxylic acids is 2. The minimum Gasteiger partial charge on any atom is -0.353 e. The van der Waals surface area contributed by atoms with Gasteiger partial charge in [0.2, 0.25) is 23.5 Å². The van der Waals surface area contributed by atoms with Crippen LogP contribution in [0.25, 0.3) is 11.4 Å². The zero-order chi connectivity index (χ0) is 22.2. The number of aryl methyl sites for hydroxylation is 1. The van der Waals surface area contributed by atoms with Crippen LogP contribution < -0.4 is 5.32 Å². The molecule has 31 heavy (non-hydrogen) atoms. The molecule has 7 nitrogen and oxygen atoms in total. The number of hydrogen-bond acceptors (Lipinski definition) is 5. The number of halogens is 1. The highest BCUT2D eigenvalue weighted by atomic mass is 19.1. The van der Waals surface area contributed by atoms with Gasteiger partial charge in [-0.05, 0) is 56.4 Å². The standard InChI is InChI=1S/C23H31FN4O3/c1-3-16(4-2)23(30)28-14-12-19(13-15-28)25-20(29)6-5-7-21-26-22(27-31-21)17-8-10-18(24)11-9-17/h8-11,16,19H,3-7,12-15H2,1-2H3,(H,25,29). The summed E-state index contributed by atoms with van der Waals surface area (Å²) in [6.45, 7) is 5.51. The summed E-state index contributed by atoms with van der Waals surface area (Å²) in [7, 11) is 0. The molecule has 1 N–H and O–H groups in total. The quantitative estimate of drug-likeness (QED) is 0.655. The van der Waals surface area contributed by atoms with Crippen LogP contribution in [-0.2, 0) is 16.0 Å². The van der Waals surface area contributed by atoms with Crippen molar-refractivity contribution in [3.63, 3.8) is 0 Å². The van der Waals surface area contributed by atoms with Gasteiger partial charge < -0.3 is 14.7 Å². The maximum absolute atomic E-state index is 13.0. The average Bonchev–Trinajstić information content (AvgIpc) is 3.24. The fourth-order valence-corrected chi connectivity index (χ4v) is 3.91. The molecule has 0 radical (unpaired) electrons. The van der Waals surface area contributed by atoms with Crippen LogP contribution in [0.15, 0.2) is 28.8 Å². The monoisotopic (exact) mass is 430 g/mol. The van der Waals surface area contributed by atoms with Crippen molar-refractivity contribution in [2.45, 2.75) is 64.8 Å². The van der Waals surface area contributed by atoms with Crippen molar-refractivity contribution in [2.24, 2.45) is 5.92 Å². The molecule has 168 valence electrons. The first-order valence-corrected chi connectivity index (χ1v) is 11.2. The van der Waals surface area contributed by atoms with Crippen LogP contribution >= 0.6 is 0 Å². The third-order valence-electron chi connectivity index (χ3n) is 5.87. The second-order valence-electron chi connectivity index (χ2n) is 8.05. The van der Waals surface area contributed by atoms with E-state index in [1.807, 2.05) is 4.90 Å². The van der Waals surface area contributed by atoms with Gasteiger partial charge in [0.25, 0.3) is 0 Å². The largest absolute Gasteiger partial charge is 0.353 e. The van der Waals surface area contributed by atoms with Crippen LogP contribution in [0, 0.1) is 11.7 Å². The van der Waals surface area contributed by atoms with Crippen molar-refractivity contribution in [3.8, 4) is 11.4 Å². The van der Waals surface area contributed by atoms with Gasteiger partial charge in [-0.15, -0.1) is 0 Å². The van der Waals surface area contributed by atoms with Gasteiger partial charge in [-0.1, -0.05) is 19.0 Å². The summed E-state index contributed by atoms with van der Waals surface area (Å²) < 4.78 is 18.2. The van der Waals surface area contributed by atoms with Crippen molar-refractivity contribution in [1.82, 2.24) is 20.4 Å². The van der Waals surface area contributed by atoms with E-state index in [0.29, 0.717) is 49.6 Å². The number of likely N-dealkylation sites (tertiary alicyclic amines) is 1. The lowest BCUT2D eigenvalue weighted by Gasteiger charge is -2.34. The predicted molar refractivity (Wildman–Crippen MR) is 114 cm³/mol. The summed E-state index contributed by atoms with van der Waals surface area (Å²) in [6.07, 6.45) is 4.81. The van der Waals surface area contributed by atoms with Gasteiger partial charge >= 0.3 is 0 Å². The molecule has 0 atom stereocenters. The molecule has 1 fully saturated rings. The molecular weight excluding hydrogens is 399 g/mol. The Labute approximate surface area is 182 Å². The number of benzene rings is 1. The molecule has 1 aliphatic heterocycles. The molecule has 1 saturated heterocycles. The summed E-state index contributed by atoms with van der Waals surface area (Å²) in [6, 6.07) is 6.01. The normalized spacial score (nSPS) is 14.8. The van der Waals surface area contributed by atoms with E-state index in [4.69, 9.17) is 4.52 Å². The molecule has 8 heteroatoms. The molecule has 0 aliphatic carbocycles. The molecule has 2 amide bonds. The molecule has 0 unspecified atom stereocenters. The minimum absolute atomic E-state index is 0.00282. The third kappa shape index (κ3) is 6.35. The van der Waals surface area contributed by atoms with Crippen molar-refractivity contribution in [3.05, 3.63) is 36.0 Å². The number of aromatic nitrogens is 2. The summed E-state index contributed by atoms with van der Waals surface area (Å²) in [4.78, 5) is 31.0. The van der Waals surface area contributed by atoms with E-state index in [1.54, 1.807) is 12.1 Å². The van der Waals surface area contributed by atoms with Crippen molar-refractivity contribution in [2.75, 3.05) is 13.1 Å². The van der Waals surface area contributed by atoms with Crippen LogP contribution in [0.3, 0.4) is 0 Å². The summed E-state index contributed by atoms with van der Waals surface area (Å²) in [5.74, 6) is 0.910. The van der Waals surface area contributed by atoms with E-state index < -0.39 is 0 Å². The van der Waals surface area contributed by atoms with Gasteiger partial charge in [-0.3, -0.25) is 9.59 Å². The Morgan fingerprint density at radius 1 is 1.19 bits per heavy atom. The molecule has 0 bridgehead atoms. The highest BCUT2D eigenvalue weighted by Crippen LogP contribution is 2.18. The number of rotatable bonds is 9. The zero-order valence-electron chi connectivity index (χ0n) is 18.3. The second kappa shape index (κ2) is 11.0. The summed E-state index contributed by atoms with van der Waals surface area (Å²) >= 11 is 0. The fourth-order valence-electron chi connectivity index (χ4n) is 3.91. The molecule has 1 aromatic heterocycles. The van der Waals surface area contributed by atoms with Crippen LogP contribution in [0.1, 0.15) is 58.3 Å². The smallest absolute Gasteiger partial charge is 0.226 e. The van der Waals surface area contributed by atoms with E-state index >= 15 is 0 Å². The fraction of sp³-hybridized carbons (Fsp3) is 0.565. The van der Waals surface area contributed by atoms with Crippen LogP contribution in [0.5, 0.6) is 0 Å². The SMILES string of the molecule is CCC(CC)C(=O)N1CCC(NC(=O)CCCc2nc(-c3ccc(F)cc3)no2)CC1. The number of nitrogens with zero attached hydrogens (tertiary/aromatic N) is 3. The van der Waals surface area contributed by atoms with Crippen LogP contribution in [-0.4, -0.2) is 46.0 Å². The van der Waals surface area contributed by atoms with Crippen LogP contribution in [0.4, 0.5) is 4.39 Å². The molecule has 1 aromatic carbocycles. The molecule has 3 rings (SSSR count). The zero-order valence-corrected chi connectivity index (χ0v) is 18.3. The molecule has 0 spiro atoms. The molecular formula is C23H31FN4O3. The minimum atomic E-state index is -0.318. The highest BCUT2D eigenvalue weighted by Gasteiger charge is 2.27. The third-order valence-corrected chi connectivity index (χ3v) is 5.87. The van der Waals surface area contributed by atoms with E-state index in [0.717, 1.165) is 25.7 Å². The van der Waals surface area contributed by atoms with E-state index in [1.165, 1.54) is 12.1 Å². The number of carbonyl (C=O) groups is 2. The number of nitrogens with one attached hydrogen (secondary N) is 1. The van der Waals surface area contributed by atoms with Crippen molar-refractivity contribution >= 4 is 11.8 Å². The molecule has 0 saturated carbocycles. The van der Waals surface area contributed by atoms with Crippen LogP contribution in [0.2, 0.25) is 0 Å². The number of piperidine rings is 1. The van der Waals surface area contributed by atoms with E-state index in [9.17, 15) is 14.0 Å². The Balaban J connectivity index is 1.37. The Kier molecular flexibility index (Phi) is 8.14. The van der Waals surface area contributed by atoms with E-state index in [2.05, 4.69) is 29.3 Å². The maximum Gasteiger partial charge on any atom is 0.226 e. The van der Waals surface area contributed by atoms with Gasteiger partial charge in [-0.2, -0.15) is 4.98 Å². The lowest BCUT2D eigenvalue weighted by Crippen LogP contribution is -2.48. The molecule has 2 aromatic rings. The molecule has 1 aliphatic rings. The van der Waals surface area contributed by atoms with Gasteiger partial charge in [0, 0.05) is 43.5 Å². The number of hydrogen-bond donors (Lipinski definition) is 1. The lowest BCUT2D eigenvalue weighted by atomic mass is 9.98. The summed E-state index contributed by atoms with van der Waals surface area (Å²) in [5.41, 5.74) is 0.683. The Bertz CT molecular complexity index is 856. The number of amides is 2. The van der Waals surface area contributed by atoms with Gasteiger partial charge in [0.1, 0.15) is 5.82 Å². The van der Waals surface area contributed by atoms with Crippen molar-refractivity contribution < 1.29 is 18.5 Å². The Morgan fingerprint density at radius 2 is 1.87 bits per heavy atom. The first kappa shape index (κ1) is 22.9. The summed E-state index contributed by atoms with van der Waals surface area (Å²) in [5, 5.41) is 6.99. The Hall–Kier alpha value is -2.77. The Morgan fingerprint density at radius 3 is 2.52 bits per heavy atom. The first-order chi connectivity index (χ1) is 15.0. The predicted octanol–water partition coefficient (Wildman–Crippen LogP) is 3.74. The second-order valence-corrected chi connectivity index (χ2v) is 8.05. The molecule has 2 heterocycles. The van der Waals surface area contributed by atoms with Gasteiger partial charge in [0.05, 0.1) is 0 Å². The average molecular weight is 431 g/mol. The highest BCUT2D eigenvalue weighted by molar-refractivity contribution is 5.79. The van der Waals surface area contributed by atoms with E-state index in [-0.39, 0.29) is 29.6 Å². The first-order valence-electron chi connectivity index (χ1n) is 11.2. The lowest BCUT2D eigenvalue weighted by molar-refractivity contribution is -0.137. The maximum atomic E-state index is 13.0. The van der Waals surface area contributed by atoms with Gasteiger partial charge in [-0.25, -0.2) is 4.39 Å².